The molecule has 3 amide bonds. The zero-order valence-corrected chi connectivity index (χ0v) is 32.7. The highest BCUT2D eigenvalue weighted by Crippen LogP contribution is 2.31. The summed E-state index contributed by atoms with van der Waals surface area (Å²) in [5.41, 5.74) is 7.38. The van der Waals surface area contributed by atoms with Gasteiger partial charge in [-0.2, -0.15) is 0 Å². The SMILES string of the molecule is C=C(C)[C@@H](C[C@@H](OC(C)=O)c1nc(C(=O)N[C@@H](Cc2ccc(O)c(N)c2)CC(C)C(=O)O)cs1)N(C)C(=O)C(NC(=O)[C@H]1CCCCN1C)[C@@H](C)CC. The van der Waals surface area contributed by atoms with Crippen molar-refractivity contribution in [1.82, 2.24) is 25.4 Å². The van der Waals surface area contributed by atoms with Gasteiger partial charge in [0.15, 0.2) is 6.10 Å². The van der Waals surface area contributed by atoms with Crippen LogP contribution in [0.5, 0.6) is 5.75 Å². The normalized spacial score (nSPS) is 18.1. The van der Waals surface area contributed by atoms with E-state index in [2.05, 4.69) is 22.2 Å². The van der Waals surface area contributed by atoms with Gasteiger partial charge < -0.3 is 36.2 Å². The van der Waals surface area contributed by atoms with Crippen LogP contribution in [-0.4, -0.2) is 99.5 Å². The number of likely N-dealkylation sites (tertiary alicyclic amines) is 1. The molecule has 15 heteroatoms. The summed E-state index contributed by atoms with van der Waals surface area (Å²) < 4.78 is 5.71. The lowest BCUT2D eigenvalue weighted by molar-refractivity contribution is -0.148. The molecule has 53 heavy (non-hydrogen) atoms. The number of amides is 3. The van der Waals surface area contributed by atoms with E-state index in [9.17, 15) is 34.2 Å². The van der Waals surface area contributed by atoms with Crippen LogP contribution >= 0.6 is 11.3 Å². The molecule has 7 atom stereocenters. The first-order valence-electron chi connectivity index (χ1n) is 18.1. The average Bonchev–Trinajstić information content (AvgIpc) is 3.60. The number of aromatic hydroxyl groups is 1. The number of rotatable bonds is 18. The molecule has 1 aliphatic heterocycles. The number of likely N-dealkylation sites (N-methyl/N-ethyl adjacent to an activating group) is 2. The minimum Gasteiger partial charge on any atom is -0.506 e. The summed E-state index contributed by atoms with van der Waals surface area (Å²) in [5, 5.41) is 27.1. The molecule has 0 saturated carbocycles. The van der Waals surface area contributed by atoms with Crippen LogP contribution in [0.1, 0.15) is 100 Å². The number of carbonyl (C=O) groups is 5. The van der Waals surface area contributed by atoms with E-state index in [4.69, 9.17) is 10.5 Å². The van der Waals surface area contributed by atoms with Crippen molar-refractivity contribution in [3.05, 3.63) is 52.0 Å². The topological polar surface area (TPSA) is 204 Å². The summed E-state index contributed by atoms with van der Waals surface area (Å²) in [5.74, 6) is -3.63. The summed E-state index contributed by atoms with van der Waals surface area (Å²) in [7, 11) is 3.56. The number of anilines is 1. The zero-order chi connectivity index (χ0) is 39.6. The molecule has 14 nitrogen and oxygen atoms in total. The van der Waals surface area contributed by atoms with Crippen molar-refractivity contribution in [3.63, 3.8) is 0 Å². The number of aromatic nitrogens is 1. The molecular formula is C38H56N6O8S. The lowest BCUT2D eigenvalue weighted by Gasteiger charge is -2.37. The molecule has 3 rings (SSSR count). The van der Waals surface area contributed by atoms with Gasteiger partial charge in [0.25, 0.3) is 5.91 Å². The molecule has 2 unspecified atom stereocenters. The Morgan fingerprint density at radius 2 is 1.85 bits per heavy atom. The summed E-state index contributed by atoms with van der Waals surface area (Å²) in [6.45, 7) is 13.4. The first kappa shape index (κ1) is 42.9. The standard InChI is InChI=1S/C38H56N6O8S/c1-9-22(4)33(42-35(48)29-12-10-11-15-43(29)7)37(49)44(8)30(21(2)3)19-32(52-24(6)45)36-41-28(20-53-36)34(47)40-26(16-23(5)38(50)51)17-25-13-14-31(46)27(39)18-25/h13-14,18,20,22-23,26,29-30,32-33,46H,2,9-12,15-17,19,39H2,1,3-8H3,(H,40,47)(H,42,48)(H,50,51)/t22-,23?,26+,29+,30+,32+,33?/m0/s1. The van der Waals surface area contributed by atoms with E-state index in [1.807, 2.05) is 25.8 Å². The van der Waals surface area contributed by atoms with Gasteiger partial charge in [0, 0.05) is 31.8 Å². The van der Waals surface area contributed by atoms with E-state index in [1.165, 1.54) is 23.3 Å². The van der Waals surface area contributed by atoms with Crippen LogP contribution in [-0.2, 0) is 30.3 Å². The smallest absolute Gasteiger partial charge is 0.306 e. The Morgan fingerprint density at radius 1 is 1.15 bits per heavy atom. The molecule has 0 radical (unpaired) electrons. The molecular weight excluding hydrogens is 701 g/mol. The van der Waals surface area contributed by atoms with Gasteiger partial charge in [-0.15, -0.1) is 11.3 Å². The lowest BCUT2D eigenvalue weighted by Crippen LogP contribution is -2.57. The van der Waals surface area contributed by atoms with Gasteiger partial charge in [0.1, 0.15) is 22.5 Å². The summed E-state index contributed by atoms with van der Waals surface area (Å²) in [6.07, 6.45) is 2.87. The minimum absolute atomic E-state index is 0.0453. The van der Waals surface area contributed by atoms with Crippen LogP contribution in [0, 0.1) is 11.8 Å². The minimum atomic E-state index is -1.01. The van der Waals surface area contributed by atoms with Crippen molar-refractivity contribution in [2.75, 3.05) is 26.4 Å². The maximum atomic E-state index is 14.1. The Hall–Kier alpha value is -4.50. The number of carboxylic acids is 1. The fourth-order valence-corrected chi connectivity index (χ4v) is 7.38. The Labute approximate surface area is 316 Å². The fraction of sp³-hybridized carbons (Fsp3) is 0.579. The number of carbonyl (C=O) groups excluding carboxylic acids is 4. The number of aliphatic carboxylic acids is 1. The van der Waals surface area contributed by atoms with Crippen molar-refractivity contribution < 1.29 is 38.9 Å². The number of thiazole rings is 1. The van der Waals surface area contributed by atoms with E-state index >= 15 is 0 Å². The Bertz CT molecular complexity index is 1630. The second-order valence-corrected chi connectivity index (χ2v) is 15.2. The number of nitrogens with zero attached hydrogens (tertiary/aromatic N) is 3. The van der Waals surface area contributed by atoms with Gasteiger partial charge in [0.05, 0.1) is 23.7 Å². The number of ether oxygens (including phenoxy) is 1. The van der Waals surface area contributed by atoms with E-state index in [-0.39, 0.29) is 60.2 Å². The Morgan fingerprint density at radius 3 is 2.43 bits per heavy atom. The number of hydrogen-bond donors (Lipinski definition) is 5. The first-order chi connectivity index (χ1) is 24.9. The fourth-order valence-electron chi connectivity index (χ4n) is 6.54. The molecule has 2 heterocycles. The van der Waals surface area contributed by atoms with Crippen molar-refractivity contribution in [2.45, 2.75) is 110 Å². The van der Waals surface area contributed by atoms with Gasteiger partial charge in [0.2, 0.25) is 11.8 Å². The molecule has 2 aromatic rings. The number of esters is 1. The van der Waals surface area contributed by atoms with E-state index in [0.29, 0.717) is 22.6 Å². The number of piperidine rings is 1. The van der Waals surface area contributed by atoms with E-state index in [0.717, 1.165) is 37.1 Å². The number of hydrogen-bond acceptors (Lipinski definition) is 11. The Kier molecular flexibility index (Phi) is 15.8. The molecule has 0 bridgehead atoms. The summed E-state index contributed by atoms with van der Waals surface area (Å²) in [6, 6.07) is 2.33. The average molecular weight is 757 g/mol. The summed E-state index contributed by atoms with van der Waals surface area (Å²) >= 11 is 1.11. The molecule has 0 spiro atoms. The van der Waals surface area contributed by atoms with Crippen LogP contribution in [0.25, 0.3) is 0 Å². The van der Waals surface area contributed by atoms with Gasteiger partial charge in [-0.05, 0) is 69.8 Å². The van der Waals surface area contributed by atoms with Crippen molar-refractivity contribution in [2.24, 2.45) is 11.8 Å². The van der Waals surface area contributed by atoms with Crippen molar-refractivity contribution >= 4 is 46.7 Å². The third-order valence-corrected chi connectivity index (χ3v) is 10.9. The maximum absolute atomic E-state index is 14.1. The third kappa shape index (κ3) is 12.0. The molecule has 1 aromatic heterocycles. The second-order valence-electron chi connectivity index (χ2n) is 14.3. The Balaban J connectivity index is 1.83. The molecule has 1 fully saturated rings. The van der Waals surface area contributed by atoms with Gasteiger partial charge in [-0.25, -0.2) is 4.98 Å². The van der Waals surface area contributed by atoms with Gasteiger partial charge >= 0.3 is 11.9 Å². The number of phenolic OH excluding ortho intramolecular Hbond substituents is 1. The number of phenols is 1. The highest BCUT2D eigenvalue weighted by atomic mass is 32.1. The van der Waals surface area contributed by atoms with Crippen molar-refractivity contribution in [3.8, 4) is 5.75 Å². The largest absolute Gasteiger partial charge is 0.506 e. The molecule has 1 aliphatic rings. The first-order valence-corrected chi connectivity index (χ1v) is 19.0. The van der Waals surface area contributed by atoms with E-state index in [1.54, 1.807) is 33.0 Å². The van der Waals surface area contributed by atoms with Gasteiger partial charge in [-0.3, -0.25) is 28.9 Å². The molecule has 1 aromatic carbocycles. The predicted octanol–water partition coefficient (Wildman–Crippen LogP) is 4.30. The number of nitrogens with one attached hydrogen (secondary N) is 2. The summed E-state index contributed by atoms with van der Waals surface area (Å²) in [4.78, 5) is 73.1. The number of nitrogen functional groups attached to an aromatic ring is 1. The second kappa shape index (κ2) is 19.5. The maximum Gasteiger partial charge on any atom is 0.306 e. The molecule has 0 aliphatic carbocycles. The van der Waals surface area contributed by atoms with Crippen LogP contribution < -0.4 is 16.4 Å². The molecule has 292 valence electrons. The zero-order valence-electron chi connectivity index (χ0n) is 31.9. The number of nitrogens with two attached hydrogens (primary N) is 1. The van der Waals surface area contributed by atoms with Crippen LogP contribution in [0.3, 0.4) is 0 Å². The monoisotopic (exact) mass is 756 g/mol. The number of carboxylic acid groups (broad SMARTS) is 1. The quantitative estimate of drug-likeness (QED) is 0.0628. The van der Waals surface area contributed by atoms with E-state index < -0.39 is 48.0 Å². The highest BCUT2D eigenvalue weighted by Gasteiger charge is 2.37. The molecule has 1 saturated heterocycles. The van der Waals surface area contributed by atoms with Crippen LogP contribution in [0.2, 0.25) is 0 Å². The van der Waals surface area contributed by atoms with Gasteiger partial charge in [-0.1, -0.05) is 51.8 Å². The van der Waals surface area contributed by atoms with Crippen LogP contribution in [0.15, 0.2) is 35.7 Å². The van der Waals surface area contributed by atoms with Crippen LogP contribution in [0.4, 0.5) is 5.69 Å². The predicted molar refractivity (Wildman–Crippen MR) is 203 cm³/mol. The third-order valence-electron chi connectivity index (χ3n) is 9.98. The number of benzene rings is 1. The lowest BCUT2D eigenvalue weighted by atomic mass is 9.94. The van der Waals surface area contributed by atoms with Crippen molar-refractivity contribution in [1.29, 1.82) is 0 Å². The highest BCUT2D eigenvalue weighted by molar-refractivity contribution is 7.09. The molecule has 6 N–H and O–H groups in total.